The summed E-state index contributed by atoms with van der Waals surface area (Å²) in [5, 5.41) is 12.4. The number of aliphatic hydroxyl groups is 1. The molecule has 26 heavy (non-hydrogen) atoms. The lowest BCUT2D eigenvalue weighted by atomic mass is 9.73. The molecule has 1 aliphatic heterocycles. The average Bonchev–Trinajstić information content (AvgIpc) is 2.68. The van der Waals surface area contributed by atoms with Crippen molar-refractivity contribution in [2.45, 2.75) is 32.3 Å². The summed E-state index contributed by atoms with van der Waals surface area (Å²) in [5.74, 6) is 0.00577. The molecule has 5 nitrogen and oxygen atoms in total. The van der Waals surface area contributed by atoms with Gasteiger partial charge in [-0.1, -0.05) is 24.3 Å². The maximum absolute atomic E-state index is 13.0. The van der Waals surface area contributed by atoms with E-state index >= 15 is 0 Å². The fourth-order valence-electron chi connectivity index (χ4n) is 3.53. The SMILES string of the molecule is CC(O)CNC(=O)C1(Cc2ccccc2-c2ccncc2)CCOCC1. The zero-order valence-corrected chi connectivity index (χ0v) is 15.1. The van der Waals surface area contributed by atoms with Crippen molar-refractivity contribution >= 4 is 5.91 Å². The lowest BCUT2D eigenvalue weighted by molar-refractivity contribution is -0.137. The number of nitrogens with zero attached hydrogens (tertiary/aromatic N) is 1. The molecule has 0 spiro atoms. The number of pyridine rings is 1. The van der Waals surface area contributed by atoms with Gasteiger partial charge in [-0.05, 0) is 55.0 Å². The van der Waals surface area contributed by atoms with Crippen LogP contribution in [0.25, 0.3) is 11.1 Å². The number of amides is 1. The summed E-state index contributed by atoms with van der Waals surface area (Å²) in [4.78, 5) is 17.1. The van der Waals surface area contributed by atoms with E-state index in [9.17, 15) is 9.90 Å². The van der Waals surface area contributed by atoms with E-state index in [4.69, 9.17) is 4.74 Å². The van der Waals surface area contributed by atoms with Gasteiger partial charge in [0.25, 0.3) is 0 Å². The number of benzene rings is 1. The number of hydrogen-bond donors (Lipinski definition) is 2. The van der Waals surface area contributed by atoms with Crippen LogP contribution >= 0.6 is 0 Å². The minimum atomic E-state index is -0.556. The van der Waals surface area contributed by atoms with Crippen LogP contribution in [0.5, 0.6) is 0 Å². The Morgan fingerprint density at radius 3 is 2.62 bits per heavy atom. The Labute approximate surface area is 154 Å². The molecule has 138 valence electrons. The van der Waals surface area contributed by atoms with Crippen molar-refractivity contribution in [3.63, 3.8) is 0 Å². The molecule has 1 aliphatic rings. The molecule has 1 aromatic heterocycles. The van der Waals surface area contributed by atoms with E-state index in [0.717, 1.165) is 16.7 Å². The molecular weight excluding hydrogens is 328 g/mol. The van der Waals surface area contributed by atoms with E-state index in [2.05, 4.69) is 22.4 Å². The van der Waals surface area contributed by atoms with Gasteiger partial charge >= 0.3 is 0 Å². The standard InChI is InChI=1S/C21H26N2O3/c1-16(24)15-23-20(25)21(8-12-26-13-9-21)14-18-4-2-3-5-19(18)17-6-10-22-11-7-17/h2-7,10-11,16,24H,8-9,12-15H2,1H3,(H,23,25). The first-order chi connectivity index (χ1) is 12.6. The van der Waals surface area contributed by atoms with E-state index in [-0.39, 0.29) is 12.5 Å². The molecule has 2 aromatic rings. The van der Waals surface area contributed by atoms with E-state index in [1.165, 1.54) is 0 Å². The molecular formula is C21H26N2O3. The summed E-state index contributed by atoms with van der Waals surface area (Å²) >= 11 is 0. The predicted octanol–water partition coefficient (Wildman–Crippen LogP) is 2.58. The fourth-order valence-corrected chi connectivity index (χ4v) is 3.53. The number of rotatable bonds is 6. The molecule has 2 heterocycles. The van der Waals surface area contributed by atoms with Gasteiger partial charge in [-0.15, -0.1) is 0 Å². The van der Waals surface area contributed by atoms with Crippen LogP contribution in [0.3, 0.4) is 0 Å². The topological polar surface area (TPSA) is 71.5 Å². The smallest absolute Gasteiger partial charge is 0.226 e. The van der Waals surface area contributed by atoms with Crippen molar-refractivity contribution < 1.29 is 14.6 Å². The zero-order valence-electron chi connectivity index (χ0n) is 15.1. The third kappa shape index (κ3) is 4.29. The van der Waals surface area contributed by atoms with Gasteiger partial charge in [-0.2, -0.15) is 0 Å². The monoisotopic (exact) mass is 354 g/mol. The first-order valence-corrected chi connectivity index (χ1v) is 9.13. The second-order valence-electron chi connectivity index (χ2n) is 7.02. The number of carbonyl (C=O) groups is 1. The van der Waals surface area contributed by atoms with Crippen molar-refractivity contribution in [2.24, 2.45) is 5.41 Å². The highest BCUT2D eigenvalue weighted by Gasteiger charge is 2.40. The van der Waals surface area contributed by atoms with Crippen molar-refractivity contribution in [3.8, 4) is 11.1 Å². The highest BCUT2D eigenvalue weighted by Crippen LogP contribution is 2.37. The van der Waals surface area contributed by atoms with Crippen LogP contribution in [0.4, 0.5) is 0 Å². The van der Waals surface area contributed by atoms with Gasteiger partial charge in [-0.3, -0.25) is 9.78 Å². The van der Waals surface area contributed by atoms with Crippen LogP contribution in [0.15, 0.2) is 48.8 Å². The van der Waals surface area contributed by atoms with Gasteiger partial charge in [0.1, 0.15) is 0 Å². The van der Waals surface area contributed by atoms with Crippen LogP contribution in [0.2, 0.25) is 0 Å². The van der Waals surface area contributed by atoms with Crippen molar-refractivity contribution in [1.29, 1.82) is 0 Å². The molecule has 2 N–H and O–H groups in total. The minimum Gasteiger partial charge on any atom is -0.392 e. The van der Waals surface area contributed by atoms with Crippen molar-refractivity contribution in [3.05, 3.63) is 54.4 Å². The quantitative estimate of drug-likeness (QED) is 0.836. The Balaban J connectivity index is 1.89. The van der Waals surface area contributed by atoms with Crippen LogP contribution in [-0.4, -0.2) is 41.9 Å². The van der Waals surface area contributed by atoms with E-state index < -0.39 is 11.5 Å². The molecule has 1 saturated heterocycles. The summed E-state index contributed by atoms with van der Waals surface area (Å²) < 4.78 is 5.52. The fraction of sp³-hybridized carbons (Fsp3) is 0.429. The van der Waals surface area contributed by atoms with E-state index in [0.29, 0.717) is 32.5 Å². The highest BCUT2D eigenvalue weighted by molar-refractivity contribution is 5.83. The molecule has 3 rings (SSSR count). The summed E-state index contributed by atoms with van der Waals surface area (Å²) in [5.41, 5.74) is 2.87. The highest BCUT2D eigenvalue weighted by atomic mass is 16.5. The normalized spacial score (nSPS) is 17.5. The summed E-state index contributed by atoms with van der Waals surface area (Å²) in [6, 6.07) is 12.2. The molecule has 1 aromatic carbocycles. The van der Waals surface area contributed by atoms with Crippen LogP contribution in [-0.2, 0) is 16.0 Å². The Bertz CT molecular complexity index is 725. The van der Waals surface area contributed by atoms with Gasteiger partial charge in [0.05, 0.1) is 11.5 Å². The lowest BCUT2D eigenvalue weighted by Gasteiger charge is -2.36. The average molecular weight is 354 g/mol. The van der Waals surface area contributed by atoms with Gasteiger partial charge in [-0.25, -0.2) is 0 Å². The third-order valence-corrected chi connectivity index (χ3v) is 5.03. The minimum absolute atomic E-state index is 0.00577. The summed E-state index contributed by atoms with van der Waals surface area (Å²) in [7, 11) is 0. The number of carbonyl (C=O) groups excluding carboxylic acids is 1. The van der Waals surface area contributed by atoms with E-state index in [1.807, 2.05) is 24.3 Å². The molecule has 1 amide bonds. The largest absolute Gasteiger partial charge is 0.392 e. The number of aliphatic hydroxyl groups excluding tert-OH is 1. The lowest BCUT2D eigenvalue weighted by Crippen LogP contribution is -2.47. The molecule has 0 saturated carbocycles. The zero-order chi connectivity index (χ0) is 18.4. The van der Waals surface area contributed by atoms with Crippen LogP contribution < -0.4 is 5.32 Å². The van der Waals surface area contributed by atoms with Gasteiger partial charge < -0.3 is 15.2 Å². The predicted molar refractivity (Wildman–Crippen MR) is 101 cm³/mol. The van der Waals surface area contributed by atoms with Gasteiger partial charge in [0.15, 0.2) is 0 Å². The molecule has 0 aliphatic carbocycles. The Morgan fingerprint density at radius 1 is 1.23 bits per heavy atom. The second kappa shape index (κ2) is 8.43. The third-order valence-electron chi connectivity index (χ3n) is 5.03. The summed E-state index contributed by atoms with van der Waals surface area (Å²) in [6.07, 6.45) is 5.03. The van der Waals surface area contributed by atoms with Crippen molar-refractivity contribution in [2.75, 3.05) is 19.8 Å². The number of ether oxygens (including phenoxy) is 1. The van der Waals surface area contributed by atoms with Crippen LogP contribution in [0, 0.1) is 5.41 Å². The molecule has 0 bridgehead atoms. The molecule has 0 radical (unpaired) electrons. The number of aromatic nitrogens is 1. The van der Waals surface area contributed by atoms with E-state index in [1.54, 1.807) is 19.3 Å². The first kappa shape index (κ1) is 18.5. The molecule has 1 fully saturated rings. The van der Waals surface area contributed by atoms with Crippen LogP contribution in [0.1, 0.15) is 25.3 Å². The molecule has 1 atom stereocenters. The maximum atomic E-state index is 13.0. The summed E-state index contributed by atoms with van der Waals surface area (Å²) in [6.45, 7) is 3.11. The Morgan fingerprint density at radius 2 is 1.92 bits per heavy atom. The number of hydrogen-bond acceptors (Lipinski definition) is 4. The van der Waals surface area contributed by atoms with Gasteiger partial charge in [0.2, 0.25) is 5.91 Å². The first-order valence-electron chi connectivity index (χ1n) is 9.13. The Hall–Kier alpha value is -2.24. The van der Waals surface area contributed by atoms with Gasteiger partial charge in [0, 0.05) is 32.2 Å². The molecule has 5 heteroatoms. The molecule has 1 unspecified atom stereocenters. The second-order valence-corrected chi connectivity index (χ2v) is 7.02. The number of nitrogens with one attached hydrogen (secondary N) is 1. The van der Waals surface area contributed by atoms with Crippen molar-refractivity contribution in [1.82, 2.24) is 10.3 Å². The Kier molecular flexibility index (Phi) is 6.01. The maximum Gasteiger partial charge on any atom is 0.226 e.